The Morgan fingerprint density at radius 1 is 1.00 bits per heavy atom. The summed E-state index contributed by atoms with van der Waals surface area (Å²) in [7, 11) is 1.61. The van der Waals surface area contributed by atoms with Crippen LogP contribution in [0.2, 0.25) is 0 Å². The average Bonchev–Trinajstić information content (AvgIpc) is 3.40. The minimum absolute atomic E-state index is 0.00800. The molecule has 0 atom stereocenters. The van der Waals surface area contributed by atoms with Gasteiger partial charge in [-0.15, -0.1) is 0 Å². The highest BCUT2D eigenvalue weighted by Gasteiger charge is 2.29. The molecule has 1 aromatic heterocycles. The van der Waals surface area contributed by atoms with Crippen LogP contribution in [0.1, 0.15) is 57.8 Å². The largest absolute Gasteiger partial charge is 0.385 e. The quantitative estimate of drug-likeness (QED) is 0.488. The number of nitrogens with zero attached hydrogens (tertiary/aromatic N) is 2. The maximum atomic E-state index is 13.4. The van der Waals surface area contributed by atoms with Gasteiger partial charge in [0.2, 0.25) is 11.8 Å². The summed E-state index contributed by atoms with van der Waals surface area (Å²) < 4.78 is 7.68. The molecule has 2 fully saturated rings. The number of ether oxygens (including phenoxy) is 1. The second-order valence-electron chi connectivity index (χ2n) is 10.2. The van der Waals surface area contributed by atoms with Crippen molar-refractivity contribution in [2.24, 2.45) is 11.8 Å². The zero-order chi connectivity index (χ0) is 25.5. The third kappa shape index (κ3) is 6.24. The summed E-state index contributed by atoms with van der Waals surface area (Å²) >= 11 is 0. The molecule has 36 heavy (non-hydrogen) atoms. The van der Waals surface area contributed by atoms with Crippen LogP contribution in [0.25, 0.3) is 10.9 Å². The molecule has 0 radical (unpaired) electrons. The third-order valence-electron chi connectivity index (χ3n) is 7.64. The minimum Gasteiger partial charge on any atom is -0.385 e. The van der Waals surface area contributed by atoms with Crippen LogP contribution < -0.4 is 21.9 Å². The highest BCUT2D eigenvalue weighted by Crippen LogP contribution is 2.30. The number of amides is 2. The fourth-order valence-corrected chi connectivity index (χ4v) is 5.58. The van der Waals surface area contributed by atoms with Crippen molar-refractivity contribution in [1.82, 2.24) is 19.8 Å². The van der Waals surface area contributed by atoms with Crippen molar-refractivity contribution in [3.63, 3.8) is 0 Å². The van der Waals surface area contributed by atoms with Gasteiger partial charge in [0, 0.05) is 38.8 Å². The molecule has 2 N–H and O–H groups in total. The van der Waals surface area contributed by atoms with Crippen LogP contribution in [-0.4, -0.2) is 47.3 Å². The fraction of sp³-hybridized carbons (Fsp3) is 0.630. The molecule has 4 rings (SSSR count). The van der Waals surface area contributed by atoms with E-state index in [4.69, 9.17) is 4.74 Å². The number of hydrogen-bond acceptors (Lipinski definition) is 5. The molecule has 196 valence electrons. The maximum absolute atomic E-state index is 13.4. The molecule has 2 saturated carbocycles. The van der Waals surface area contributed by atoms with Gasteiger partial charge in [-0.05, 0) is 63.0 Å². The molecule has 0 aliphatic heterocycles. The van der Waals surface area contributed by atoms with Crippen LogP contribution in [0.3, 0.4) is 0 Å². The molecule has 0 spiro atoms. The van der Waals surface area contributed by atoms with Crippen molar-refractivity contribution >= 4 is 22.7 Å². The number of para-hydroxylation sites is 1. The Labute approximate surface area is 211 Å². The fourth-order valence-electron chi connectivity index (χ4n) is 5.58. The second-order valence-corrected chi connectivity index (χ2v) is 10.2. The number of aromatic nitrogens is 2. The Balaban J connectivity index is 1.45. The van der Waals surface area contributed by atoms with E-state index in [9.17, 15) is 19.2 Å². The van der Waals surface area contributed by atoms with E-state index in [-0.39, 0.29) is 35.8 Å². The Bertz CT molecular complexity index is 1170. The number of methoxy groups -OCH3 is 1. The summed E-state index contributed by atoms with van der Waals surface area (Å²) in [6, 6.07) is 7.25. The summed E-state index contributed by atoms with van der Waals surface area (Å²) in [6.07, 6.45) is 8.32. The summed E-state index contributed by atoms with van der Waals surface area (Å²) in [5.74, 6) is 0.0245. The zero-order valence-electron chi connectivity index (χ0n) is 21.2. The van der Waals surface area contributed by atoms with Crippen molar-refractivity contribution in [3.05, 3.63) is 45.1 Å². The molecule has 0 unspecified atom stereocenters. The number of nitrogens with one attached hydrogen (secondary N) is 2. The normalized spacial score (nSPS) is 20.5. The summed E-state index contributed by atoms with van der Waals surface area (Å²) in [6.45, 7) is 1.14. The summed E-state index contributed by atoms with van der Waals surface area (Å²) in [5.41, 5.74) is -0.330. The third-order valence-corrected chi connectivity index (χ3v) is 7.64. The monoisotopic (exact) mass is 498 g/mol. The first-order valence-corrected chi connectivity index (χ1v) is 13.3. The molecule has 2 amide bonds. The van der Waals surface area contributed by atoms with E-state index in [2.05, 4.69) is 10.6 Å². The van der Waals surface area contributed by atoms with Crippen molar-refractivity contribution in [3.8, 4) is 0 Å². The van der Waals surface area contributed by atoms with E-state index in [0.717, 1.165) is 38.5 Å². The van der Waals surface area contributed by atoms with Crippen molar-refractivity contribution in [2.45, 2.75) is 76.9 Å². The lowest BCUT2D eigenvalue weighted by Crippen LogP contribution is -2.44. The molecule has 9 heteroatoms. The Morgan fingerprint density at radius 2 is 1.72 bits per heavy atom. The molecular formula is C27H38N4O5. The predicted octanol–water partition coefficient (Wildman–Crippen LogP) is 2.18. The van der Waals surface area contributed by atoms with Gasteiger partial charge in [0.15, 0.2) is 0 Å². The summed E-state index contributed by atoms with van der Waals surface area (Å²) in [4.78, 5) is 51.9. The molecule has 1 heterocycles. The van der Waals surface area contributed by atoms with Crippen molar-refractivity contribution in [1.29, 1.82) is 0 Å². The van der Waals surface area contributed by atoms with Gasteiger partial charge in [-0.3, -0.25) is 23.5 Å². The van der Waals surface area contributed by atoms with E-state index < -0.39 is 5.69 Å². The lowest BCUT2D eigenvalue weighted by Gasteiger charge is -2.29. The van der Waals surface area contributed by atoms with Crippen LogP contribution in [0.4, 0.5) is 0 Å². The number of hydrogen-bond donors (Lipinski definition) is 2. The van der Waals surface area contributed by atoms with Crippen molar-refractivity contribution in [2.75, 3.05) is 20.3 Å². The van der Waals surface area contributed by atoms with Crippen LogP contribution in [0, 0.1) is 11.8 Å². The number of benzene rings is 1. The van der Waals surface area contributed by atoms with E-state index >= 15 is 0 Å². The molecule has 0 saturated heterocycles. The van der Waals surface area contributed by atoms with Gasteiger partial charge in [-0.25, -0.2) is 4.79 Å². The lowest BCUT2D eigenvalue weighted by molar-refractivity contribution is -0.127. The van der Waals surface area contributed by atoms with Crippen LogP contribution in [0.15, 0.2) is 33.9 Å². The standard InChI is InChI=1S/C27H38N4O5/c1-36-16-6-15-28-24(32)18-30-23-10-5-4-9-22(23)26(34)31(27(30)35)17-19-11-13-20(14-12-19)25(33)29-21-7-2-3-8-21/h4-5,9-10,19-21H,2-3,6-8,11-18H2,1H3,(H,28,32)(H,29,33). The van der Waals surface area contributed by atoms with Gasteiger partial charge in [0.25, 0.3) is 5.56 Å². The second kappa shape index (κ2) is 12.3. The van der Waals surface area contributed by atoms with Gasteiger partial charge < -0.3 is 15.4 Å². The van der Waals surface area contributed by atoms with Crippen LogP contribution in [-0.2, 0) is 27.4 Å². The molecule has 2 aliphatic carbocycles. The first-order chi connectivity index (χ1) is 17.5. The molecule has 0 bridgehead atoms. The molecule has 1 aromatic carbocycles. The Kier molecular flexibility index (Phi) is 8.96. The topological polar surface area (TPSA) is 111 Å². The Hall–Kier alpha value is -2.94. The summed E-state index contributed by atoms with van der Waals surface area (Å²) in [5, 5.41) is 6.44. The zero-order valence-corrected chi connectivity index (χ0v) is 21.2. The molecule has 9 nitrogen and oxygen atoms in total. The van der Waals surface area contributed by atoms with Gasteiger partial charge in [0.1, 0.15) is 6.54 Å². The minimum atomic E-state index is -0.466. The predicted molar refractivity (Wildman–Crippen MR) is 138 cm³/mol. The Morgan fingerprint density at radius 3 is 2.44 bits per heavy atom. The molecular weight excluding hydrogens is 460 g/mol. The highest BCUT2D eigenvalue weighted by atomic mass is 16.5. The van der Waals surface area contributed by atoms with Gasteiger partial charge >= 0.3 is 5.69 Å². The maximum Gasteiger partial charge on any atom is 0.331 e. The number of carbonyl (C=O) groups excluding carboxylic acids is 2. The van der Waals surface area contributed by atoms with Gasteiger partial charge in [-0.2, -0.15) is 0 Å². The lowest BCUT2D eigenvalue weighted by atomic mass is 9.81. The van der Waals surface area contributed by atoms with Crippen LogP contribution in [0.5, 0.6) is 0 Å². The number of carbonyl (C=O) groups is 2. The highest BCUT2D eigenvalue weighted by molar-refractivity contribution is 5.81. The van der Waals surface area contributed by atoms with E-state index in [1.807, 2.05) is 0 Å². The van der Waals surface area contributed by atoms with E-state index in [1.165, 1.54) is 22.0 Å². The number of rotatable bonds is 10. The number of fused-ring (bicyclic) bond motifs is 1. The van der Waals surface area contributed by atoms with Crippen molar-refractivity contribution < 1.29 is 14.3 Å². The van der Waals surface area contributed by atoms with E-state index in [1.54, 1.807) is 31.4 Å². The molecule has 2 aromatic rings. The van der Waals surface area contributed by atoms with E-state index in [0.29, 0.717) is 43.1 Å². The molecule has 2 aliphatic rings. The first-order valence-electron chi connectivity index (χ1n) is 13.3. The van der Waals surface area contributed by atoms with Gasteiger partial charge in [-0.1, -0.05) is 25.0 Å². The average molecular weight is 499 g/mol. The van der Waals surface area contributed by atoms with Gasteiger partial charge in [0.05, 0.1) is 10.9 Å². The smallest absolute Gasteiger partial charge is 0.331 e. The van der Waals surface area contributed by atoms with Crippen LogP contribution >= 0.6 is 0 Å². The first kappa shape index (κ1) is 26.1. The SMILES string of the molecule is COCCCNC(=O)Cn1c(=O)n(CC2CCC(C(=O)NC3CCCC3)CC2)c(=O)c2ccccc21.